The number of carboxylic acids is 1. The molecule has 6 nitrogen and oxygen atoms in total. The van der Waals surface area contributed by atoms with Crippen molar-refractivity contribution in [1.29, 1.82) is 0 Å². The average molecular weight is 596 g/mol. The molecule has 0 saturated carbocycles. The van der Waals surface area contributed by atoms with Crippen molar-refractivity contribution in [1.82, 2.24) is 4.98 Å². The number of para-hydroxylation sites is 1. The van der Waals surface area contributed by atoms with Crippen molar-refractivity contribution in [2.24, 2.45) is 0 Å². The van der Waals surface area contributed by atoms with Gasteiger partial charge in [-0.3, -0.25) is 4.98 Å². The molecule has 159 valence electrons. The number of pyridine rings is 1. The van der Waals surface area contributed by atoms with E-state index in [2.05, 4.69) is 44.7 Å². The van der Waals surface area contributed by atoms with Gasteiger partial charge in [-0.05, 0) is 23.6 Å². The second kappa shape index (κ2) is 16.6. The van der Waals surface area contributed by atoms with Crippen LogP contribution in [0.5, 0.6) is 0 Å². The number of nitrogens with zero attached hydrogens (tertiary/aromatic N) is 1. The Morgan fingerprint density at radius 2 is 1.28 bits per heavy atom. The molecule has 0 spiro atoms. The Hall–Kier alpha value is -2.34. The zero-order valence-corrected chi connectivity index (χ0v) is 18.7. The molecule has 4 rings (SSSR count). The van der Waals surface area contributed by atoms with Crippen molar-refractivity contribution in [2.75, 3.05) is 7.11 Å². The van der Waals surface area contributed by atoms with Crippen LogP contribution in [0.25, 0.3) is 34.0 Å². The van der Waals surface area contributed by atoms with Gasteiger partial charge in [0.25, 0.3) is 0 Å². The van der Waals surface area contributed by atoms with Gasteiger partial charge in [-0.2, -0.15) is 0 Å². The van der Waals surface area contributed by atoms with E-state index in [-0.39, 0.29) is 12.3 Å². The monoisotopic (exact) mass is 595 g/mol. The number of carboxylic acid groups (broad SMARTS) is 1. The molecule has 1 heterocycles. The number of rotatable bonds is 1. The maximum atomic E-state index is 10.2. The number of halogens is 1. The van der Waals surface area contributed by atoms with E-state index < -0.39 is 5.97 Å². The molecule has 1 aromatic heterocycles. The number of fused-ring (bicyclic) bond motifs is 3. The zero-order valence-electron chi connectivity index (χ0n) is 15.7. The Bertz CT molecular complexity index is 918. The average Bonchev–Trinajstić information content (AvgIpc) is 2.77. The smallest absolute Gasteiger partial charge is 0.0708 e. The van der Waals surface area contributed by atoms with Crippen molar-refractivity contribution in [3.05, 3.63) is 103 Å². The Kier molecular flexibility index (Phi) is 16.5. The van der Waals surface area contributed by atoms with Crippen LogP contribution < -0.4 is 0 Å². The molecule has 0 aliphatic rings. The molecule has 0 bridgehead atoms. The van der Waals surface area contributed by atoms with Gasteiger partial charge in [0.2, 0.25) is 0 Å². The number of aromatic carboxylic acids is 1. The fraction of sp³-hybridized carbons (Fsp3) is 0.0476. The summed E-state index contributed by atoms with van der Waals surface area (Å²) in [5.41, 5.74) is 1.39. The molecule has 6 N–H and O–H groups in total. The molecule has 8 heteroatoms. The summed E-state index contributed by atoms with van der Waals surface area (Å²) in [5, 5.41) is 19.1. The number of aromatic nitrogens is 1. The summed E-state index contributed by atoms with van der Waals surface area (Å²) < 4.78 is 0. The van der Waals surface area contributed by atoms with Gasteiger partial charge in [0.1, 0.15) is 0 Å². The third-order valence-electron chi connectivity index (χ3n) is 3.52. The van der Waals surface area contributed by atoms with Crippen molar-refractivity contribution >= 4 is 37.1 Å². The fourth-order valence-electron chi connectivity index (χ4n) is 2.39. The van der Waals surface area contributed by atoms with E-state index in [4.69, 9.17) is 10.2 Å². The van der Waals surface area contributed by atoms with Crippen LogP contribution in [0.1, 0.15) is 10.4 Å². The van der Waals surface area contributed by atoms with Crippen molar-refractivity contribution in [3.63, 3.8) is 0 Å². The number of benzene rings is 3. The van der Waals surface area contributed by atoms with Gasteiger partial charge < -0.3 is 22.5 Å². The molecule has 0 atom stereocenters. The SMILES string of the molecule is CO.O=C(O)c1ccccc1.[Cl][Pt].[NH2-].[NH2-].c1ccc2c(c1)cnc1ccccc12. The second-order valence-corrected chi connectivity index (χ2v) is 5.03. The summed E-state index contributed by atoms with van der Waals surface area (Å²) in [6, 6.07) is 24.9. The number of carbonyl (C=O) groups is 1. The van der Waals surface area contributed by atoms with Gasteiger partial charge in [0.15, 0.2) is 0 Å². The van der Waals surface area contributed by atoms with Crippen LogP contribution in [-0.2, 0) is 18.8 Å². The summed E-state index contributed by atoms with van der Waals surface area (Å²) in [4.78, 5) is 14.6. The van der Waals surface area contributed by atoms with Gasteiger partial charge in [-0.25, -0.2) is 4.79 Å². The number of hydrogen-bond donors (Lipinski definition) is 2. The molecule has 0 aliphatic carbocycles. The molecule has 0 aliphatic heterocycles. The Morgan fingerprint density at radius 1 is 0.793 bits per heavy atom. The summed E-state index contributed by atoms with van der Waals surface area (Å²) in [6.07, 6.45) is 1.93. The number of aliphatic hydroxyl groups is 1. The quantitative estimate of drug-likeness (QED) is 0.243. The van der Waals surface area contributed by atoms with Gasteiger partial charge in [-0.1, -0.05) is 60.7 Å². The van der Waals surface area contributed by atoms with Gasteiger partial charge in [-0.15, -0.1) is 0 Å². The van der Waals surface area contributed by atoms with Gasteiger partial charge >= 0.3 is 34.2 Å². The third-order valence-corrected chi connectivity index (χ3v) is 3.52. The molecule has 0 saturated heterocycles. The maximum absolute atomic E-state index is 10.2. The van der Waals surface area contributed by atoms with Crippen LogP contribution in [0.4, 0.5) is 0 Å². The van der Waals surface area contributed by atoms with E-state index in [1.165, 1.54) is 16.2 Å². The first-order valence-corrected chi connectivity index (χ1v) is 10.6. The summed E-state index contributed by atoms with van der Waals surface area (Å²) in [6.45, 7) is 0. The summed E-state index contributed by atoms with van der Waals surface area (Å²) >= 11 is 1.61. The van der Waals surface area contributed by atoms with E-state index in [0.717, 1.165) is 12.6 Å². The minimum Gasteiger partial charge on any atom is -0.693 e. The van der Waals surface area contributed by atoms with Crippen molar-refractivity contribution in [2.45, 2.75) is 0 Å². The van der Waals surface area contributed by atoms with E-state index in [1.807, 2.05) is 24.4 Å². The summed E-state index contributed by atoms with van der Waals surface area (Å²) in [7, 11) is 5.61. The van der Waals surface area contributed by atoms with Crippen molar-refractivity contribution < 1.29 is 33.8 Å². The number of hydrogen-bond acceptors (Lipinski definition) is 3. The van der Waals surface area contributed by atoms with Gasteiger partial charge in [0.05, 0.1) is 11.1 Å². The second-order valence-electron chi connectivity index (χ2n) is 5.03. The van der Waals surface area contributed by atoms with Crippen LogP contribution in [0.3, 0.4) is 0 Å². The van der Waals surface area contributed by atoms with Crippen LogP contribution in [0.2, 0.25) is 0 Å². The molecule has 0 radical (unpaired) electrons. The van der Waals surface area contributed by atoms with Crippen LogP contribution in [0, 0.1) is 0 Å². The van der Waals surface area contributed by atoms with Gasteiger partial charge in [0, 0.05) is 24.1 Å². The number of aliphatic hydroxyl groups excluding tert-OH is 1. The first kappa shape index (κ1) is 28.9. The van der Waals surface area contributed by atoms with E-state index in [0.29, 0.717) is 5.56 Å². The third kappa shape index (κ3) is 8.69. The topological polar surface area (TPSA) is 137 Å². The Morgan fingerprint density at radius 3 is 1.83 bits per heavy atom. The fourth-order valence-corrected chi connectivity index (χ4v) is 2.39. The van der Waals surface area contributed by atoms with E-state index in [9.17, 15) is 4.79 Å². The predicted molar refractivity (Wildman–Crippen MR) is 117 cm³/mol. The Labute approximate surface area is 185 Å². The molecule has 4 aromatic rings. The molecule has 3 aromatic carbocycles. The normalized spacial score (nSPS) is 8.45. The maximum Gasteiger partial charge on any atom is 0.0708 e. The van der Waals surface area contributed by atoms with E-state index in [1.54, 1.807) is 49.1 Å². The summed E-state index contributed by atoms with van der Waals surface area (Å²) in [5.74, 6) is -0.879. The minimum atomic E-state index is -0.879. The standard InChI is InChI=1S/C13H9N.C7H6O2.CH4O.ClH.2H2N.Pt/c1-2-6-11-10(5-1)9-14-13-8-4-3-7-12(11)13;8-7(9)6-4-2-1-3-5-6;1-2;;;;/h1-9H;1-5H,(H,8,9);2H,1H3;1H;2*1H2;/q;;;;2*-1;+1/p-1. The largest absolute Gasteiger partial charge is 0.693 e. The zero-order chi connectivity index (χ0) is 20.1. The molecule has 0 unspecified atom stereocenters. The molecule has 0 amide bonds. The van der Waals surface area contributed by atoms with E-state index >= 15 is 0 Å². The Balaban J connectivity index is 0. The molecular weight excluding hydrogens is 573 g/mol. The first-order valence-electron chi connectivity index (χ1n) is 7.83. The van der Waals surface area contributed by atoms with Crippen LogP contribution >= 0.6 is 9.42 Å². The van der Waals surface area contributed by atoms with Crippen molar-refractivity contribution in [3.8, 4) is 0 Å². The van der Waals surface area contributed by atoms with Crippen LogP contribution in [-0.4, -0.2) is 28.3 Å². The molecule has 29 heavy (non-hydrogen) atoms. The molecular formula is C21H23ClN3O3Pt-2. The van der Waals surface area contributed by atoms with Crippen LogP contribution in [0.15, 0.2) is 85.1 Å². The minimum absolute atomic E-state index is 0. The number of nitrogens with two attached hydrogens (primary N) is 2. The first-order chi connectivity index (χ1) is 13.3. The molecule has 0 fully saturated rings. The predicted octanol–water partition coefficient (Wildman–Crippen LogP) is 6.50.